The topological polar surface area (TPSA) is 96.6 Å². The first kappa shape index (κ1) is 12.8. The molecule has 2 heterocycles. The van der Waals surface area contributed by atoms with Crippen LogP contribution in [-0.2, 0) is 14.8 Å². The number of carbonyl (C=O) groups excluding carboxylic acids is 1. The smallest absolute Gasteiger partial charge is 0.244 e. The number of rotatable bonds is 3. The molecule has 98 valence electrons. The van der Waals surface area contributed by atoms with Gasteiger partial charge in [0.05, 0.1) is 5.69 Å². The monoisotopic (exact) mass is 270 g/mol. The van der Waals surface area contributed by atoms with Crippen molar-refractivity contribution in [3.05, 3.63) is 18.5 Å². The molecule has 1 aromatic heterocycles. The summed E-state index contributed by atoms with van der Waals surface area (Å²) in [6, 6.07) is 1.38. The van der Waals surface area contributed by atoms with E-state index < -0.39 is 10.0 Å². The Labute approximate surface area is 105 Å². The van der Waals surface area contributed by atoms with E-state index in [1.54, 1.807) is 4.90 Å². The molecule has 0 aliphatic carbocycles. The van der Waals surface area contributed by atoms with Gasteiger partial charge in [-0.25, -0.2) is 8.42 Å². The quantitative estimate of drug-likeness (QED) is 0.720. The van der Waals surface area contributed by atoms with E-state index in [9.17, 15) is 13.2 Å². The minimum Gasteiger partial charge on any atom is -0.397 e. The first-order valence-electron chi connectivity index (χ1n) is 5.44. The van der Waals surface area contributed by atoms with E-state index in [1.807, 2.05) is 0 Å². The largest absolute Gasteiger partial charge is 0.397 e. The van der Waals surface area contributed by atoms with Gasteiger partial charge >= 0.3 is 0 Å². The zero-order valence-corrected chi connectivity index (χ0v) is 10.5. The molecule has 0 spiro atoms. The molecule has 0 radical (unpaired) electrons. The number of nitrogens with two attached hydrogens (primary N) is 1. The molecule has 8 heteroatoms. The maximum Gasteiger partial charge on any atom is 0.244 e. The number of piperazine rings is 1. The highest BCUT2D eigenvalue weighted by atomic mass is 32.2. The summed E-state index contributed by atoms with van der Waals surface area (Å²) in [7, 11) is -3.57. The molecule has 1 amide bonds. The molecule has 2 rings (SSSR count). The summed E-state index contributed by atoms with van der Waals surface area (Å²) in [5.41, 5.74) is 5.84. The zero-order chi connectivity index (χ0) is 13.2. The van der Waals surface area contributed by atoms with Crippen LogP contribution in [-0.4, -0.2) is 55.2 Å². The number of hydrogen-bond donors (Lipinski definition) is 1. The summed E-state index contributed by atoms with van der Waals surface area (Å²) in [4.78, 5) is 16.0. The molecule has 0 unspecified atom stereocenters. The lowest BCUT2D eigenvalue weighted by Gasteiger charge is -2.31. The first-order chi connectivity index (χ1) is 8.54. The molecule has 1 aliphatic heterocycles. The van der Waals surface area contributed by atoms with Crippen molar-refractivity contribution in [1.82, 2.24) is 14.2 Å². The van der Waals surface area contributed by atoms with Crippen LogP contribution in [0, 0.1) is 0 Å². The summed E-state index contributed by atoms with van der Waals surface area (Å²) in [6.07, 6.45) is 3.40. The molecular formula is C10H14N4O3S. The number of aromatic nitrogens is 1. The van der Waals surface area contributed by atoms with Crippen LogP contribution in [0.1, 0.15) is 0 Å². The number of nitrogen functional groups attached to an aromatic ring is 1. The van der Waals surface area contributed by atoms with Gasteiger partial charge in [0.2, 0.25) is 16.4 Å². The van der Waals surface area contributed by atoms with Crippen molar-refractivity contribution in [2.75, 3.05) is 31.9 Å². The van der Waals surface area contributed by atoms with Gasteiger partial charge in [-0.1, -0.05) is 0 Å². The van der Waals surface area contributed by atoms with Gasteiger partial charge in [0.1, 0.15) is 4.90 Å². The Balaban J connectivity index is 2.20. The Kier molecular flexibility index (Phi) is 3.48. The van der Waals surface area contributed by atoms with Crippen LogP contribution in [0.15, 0.2) is 23.4 Å². The lowest BCUT2D eigenvalue weighted by Crippen LogP contribution is -2.47. The SMILES string of the molecule is Nc1cncc(S(=O)(=O)N2CCN(C=O)CC2)c1. The second-order valence-corrected chi connectivity index (χ2v) is 5.94. The molecular weight excluding hydrogens is 256 g/mol. The van der Waals surface area contributed by atoms with Gasteiger partial charge in [0.25, 0.3) is 0 Å². The van der Waals surface area contributed by atoms with Crippen LogP contribution < -0.4 is 5.73 Å². The van der Waals surface area contributed by atoms with Crippen molar-refractivity contribution >= 4 is 22.1 Å². The summed E-state index contributed by atoms with van der Waals surface area (Å²) in [5.74, 6) is 0. The van der Waals surface area contributed by atoms with Crippen molar-refractivity contribution in [2.45, 2.75) is 4.90 Å². The molecule has 2 N–H and O–H groups in total. The third-order valence-corrected chi connectivity index (χ3v) is 4.66. The van der Waals surface area contributed by atoms with Gasteiger partial charge in [-0.3, -0.25) is 9.78 Å². The lowest BCUT2D eigenvalue weighted by atomic mass is 10.4. The maximum absolute atomic E-state index is 12.3. The number of amides is 1. The third kappa shape index (κ3) is 2.44. The van der Waals surface area contributed by atoms with E-state index >= 15 is 0 Å². The standard InChI is InChI=1S/C10H14N4O3S/c11-9-5-10(7-12-6-9)18(16,17)14-3-1-13(8-15)2-4-14/h5-8H,1-4,11H2. The van der Waals surface area contributed by atoms with E-state index in [0.717, 1.165) is 6.41 Å². The second-order valence-electron chi connectivity index (χ2n) is 4.00. The van der Waals surface area contributed by atoms with E-state index in [4.69, 9.17) is 5.73 Å². The molecule has 7 nitrogen and oxygen atoms in total. The highest BCUT2D eigenvalue weighted by Crippen LogP contribution is 2.18. The molecule has 0 bridgehead atoms. The third-order valence-electron chi connectivity index (χ3n) is 2.79. The molecule has 1 saturated heterocycles. The Morgan fingerprint density at radius 2 is 1.89 bits per heavy atom. The maximum atomic E-state index is 12.3. The molecule has 1 aliphatic rings. The summed E-state index contributed by atoms with van der Waals surface area (Å²) in [5, 5.41) is 0. The normalized spacial score (nSPS) is 17.7. The van der Waals surface area contributed by atoms with Gasteiger partial charge in [0.15, 0.2) is 0 Å². The fourth-order valence-electron chi connectivity index (χ4n) is 1.78. The second kappa shape index (κ2) is 4.91. The minimum absolute atomic E-state index is 0.0852. The summed E-state index contributed by atoms with van der Waals surface area (Å²) < 4.78 is 25.9. The Morgan fingerprint density at radius 1 is 1.22 bits per heavy atom. The zero-order valence-electron chi connectivity index (χ0n) is 9.69. The first-order valence-corrected chi connectivity index (χ1v) is 6.88. The molecule has 1 aromatic rings. The molecule has 0 aromatic carbocycles. The minimum atomic E-state index is -3.57. The number of carbonyl (C=O) groups is 1. The van der Waals surface area contributed by atoms with Crippen LogP contribution in [0.25, 0.3) is 0 Å². The van der Waals surface area contributed by atoms with Crippen molar-refractivity contribution in [1.29, 1.82) is 0 Å². The molecule has 18 heavy (non-hydrogen) atoms. The van der Waals surface area contributed by atoms with Crippen molar-refractivity contribution in [3.8, 4) is 0 Å². The number of sulfonamides is 1. The Bertz CT molecular complexity index is 538. The van der Waals surface area contributed by atoms with Crippen LogP contribution in [0.3, 0.4) is 0 Å². The Hall–Kier alpha value is -1.67. The molecule has 1 fully saturated rings. The van der Waals surface area contributed by atoms with Gasteiger partial charge in [-0.15, -0.1) is 0 Å². The van der Waals surface area contributed by atoms with Crippen molar-refractivity contribution in [3.63, 3.8) is 0 Å². The predicted octanol–water partition coefficient (Wildman–Crippen LogP) is -0.873. The highest BCUT2D eigenvalue weighted by Gasteiger charge is 2.28. The van der Waals surface area contributed by atoms with E-state index in [-0.39, 0.29) is 18.0 Å². The fraction of sp³-hybridized carbons (Fsp3) is 0.400. The molecule has 0 atom stereocenters. The van der Waals surface area contributed by atoms with Crippen molar-refractivity contribution < 1.29 is 13.2 Å². The van der Waals surface area contributed by atoms with E-state index in [2.05, 4.69) is 4.98 Å². The van der Waals surface area contributed by atoms with Gasteiger partial charge < -0.3 is 10.6 Å². The number of nitrogens with zero attached hydrogens (tertiary/aromatic N) is 3. The van der Waals surface area contributed by atoms with E-state index in [0.29, 0.717) is 18.8 Å². The fourth-order valence-corrected chi connectivity index (χ4v) is 3.20. The van der Waals surface area contributed by atoms with Crippen LogP contribution in [0.5, 0.6) is 0 Å². The van der Waals surface area contributed by atoms with E-state index in [1.165, 1.54) is 22.8 Å². The van der Waals surface area contributed by atoms with Crippen LogP contribution in [0.4, 0.5) is 5.69 Å². The van der Waals surface area contributed by atoms with Gasteiger partial charge in [0, 0.05) is 38.6 Å². The van der Waals surface area contributed by atoms with Crippen LogP contribution >= 0.6 is 0 Å². The Morgan fingerprint density at radius 3 is 2.44 bits per heavy atom. The van der Waals surface area contributed by atoms with Crippen LogP contribution in [0.2, 0.25) is 0 Å². The average Bonchev–Trinajstić information content (AvgIpc) is 2.39. The summed E-state index contributed by atoms with van der Waals surface area (Å²) >= 11 is 0. The highest BCUT2D eigenvalue weighted by molar-refractivity contribution is 7.89. The van der Waals surface area contributed by atoms with Crippen molar-refractivity contribution in [2.24, 2.45) is 0 Å². The predicted molar refractivity (Wildman–Crippen MR) is 65.0 cm³/mol. The number of hydrogen-bond acceptors (Lipinski definition) is 5. The van der Waals surface area contributed by atoms with Gasteiger partial charge in [-0.2, -0.15) is 4.31 Å². The molecule has 0 saturated carbocycles. The number of pyridine rings is 1. The van der Waals surface area contributed by atoms with Gasteiger partial charge in [-0.05, 0) is 6.07 Å². The number of anilines is 1. The summed E-state index contributed by atoms with van der Waals surface area (Å²) in [6.45, 7) is 1.38. The lowest BCUT2D eigenvalue weighted by molar-refractivity contribution is -0.119. The average molecular weight is 270 g/mol.